The molecule has 1 aromatic heterocycles. The van der Waals surface area contributed by atoms with E-state index in [-0.39, 0.29) is 48.0 Å². The number of carbonyl (C=O) groups is 2. The Balaban J connectivity index is 1.25. The molecule has 2 aliphatic heterocycles. The normalized spacial score (nSPS) is 21.3. The van der Waals surface area contributed by atoms with Crippen LogP contribution in [0, 0.1) is 0 Å². The summed E-state index contributed by atoms with van der Waals surface area (Å²) in [6.07, 6.45) is -4.17. The molecule has 5 rings (SSSR count). The Morgan fingerprint density at radius 2 is 1.90 bits per heavy atom. The number of nitrogens with one attached hydrogen (secondary N) is 2. The standard InChI is InChI=1S/C25H23ClF3N5O5/c1-12-17(30-24-33-32-23(38-24)13-3-5-14(6-4-13)39-25(27,28)29)11-34(12)18-9-7-15(20(26)21(18)37-2)16-8-10-19(35)31-22(16)36/h3-7,9,12,16-17H,8,10-11H2,1-2H3,(H,30,33)(H,31,35,36)/t12-,16?,17+/m1/s1. The van der Waals surface area contributed by atoms with Gasteiger partial charge in [0.05, 0.1) is 29.8 Å². The highest BCUT2D eigenvalue weighted by molar-refractivity contribution is 6.33. The van der Waals surface area contributed by atoms with Gasteiger partial charge in [-0.05, 0) is 49.2 Å². The van der Waals surface area contributed by atoms with Crippen LogP contribution in [0.15, 0.2) is 40.8 Å². The Morgan fingerprint density at radius 3 is 2.54 bits per heavy atom. The lowest BCUT2D eigenvalue weighted by Crippen LogP contribution is -2.62. The van der Waals surface area contributed by atoms with Crippen LogP contribution < -0.4 is 25.0 Å². The van der Waals surface area contributed by atoms with Gasteiger partial charge in [0.1, 0.15) is 5.75 Å². The van der Waals surface area contributed by atoms with Crippen LogP contribution >= 0.6 is 11.6 Å². The number of benzene rings is 2. The molecule has 0 aliphatic carbocycles. The minimum atomic E-state index is -4.78. The zero-order valence-electron chi connectivity index (χ0n) is 20.7. The van der Waals surface area contributed by atoms with Gasteiger partial charge in [-0.15, -0.1) is 18.3 Å². The van der Waals surface area contributed by atoms with Crippen LogP contribution in [0.1, 0.15) is 31.2 Å². The Labute approximate surface area is 225 Å². The molecule has 3 heterocycles. The van der Waals surface area contributed by atoms with Crippen molar-refractivity contribution >= 4 is 35.1 Å². The van der Waals surface area contributed by atoms with E-state index in [4.69, 9.17) is 20.8 Å². The van der Waals surface area contributed by atoms with Crippen molar-refractivity contribution < 1.29 is 36.7 Å². The second-order valence-electron chi connectivity index (χ2n) is 9.15. The highest BCUT2D eigenvalue weighted by Gasteiger charge is 2.39. The molecule has 206 valence electrons. The Morgan fingerprint density at radius 1 is 1.15 bits per heavy atom. The average molecular weight is 566 g/mol. The lowest BCUT2D eigenvalue weighted by Gasteiger charge is -2.48. The van der Waals surface area contributed by atoms with E-state index in [0.29, 0.717) is 34.9 Å². The van der Waals surface area contributed by atoms with Crippen LogP contribution in [-0.4, -0.2) is 54.1 Å². The van der Waals surface area contributed by atoms with Crippen molar-refractivity contribution in [3.63, 3.8) is 0 Å². The highest BCUT2D eigenvalue weighted by atomic mass is 35.5. The number of methoxy groups -OCH3 is 1. The third kappa shape index (κ3) is 5.44. The van der Waals surface area contributed by atoms with Crippen molar-refractivity contribution in [3.05, 3.63) is 47.0 Å². The maximum atomic E-state index is 12.4. The Kier molecular flexibility index (Phi) is 7.02. The summed E-state index contributed by atoms with van der Waals surface area (Å²) in [4.78, 5) is 25.9. The van der Waals surface area contributed by atoms with E-state index in [2.05, 4.69) is 30.5 Å². The molecule has 3 atom stereocenters. The minimum Gasteiger partial charge on any atom is -0.493 e. The molecule has 2 N–H and O–H groups in total. The molecule has 0 bridgehead atoms. The Bertz CT molecular complexity index is 1400. The number of ether oxygens (including phenoxy) is 2. The Hall–Kier alpha value is -4.00. The monoisotopic (exact) mass is 565 g/mol. The molecule has 39 heavy (non-hydrogen) atoms. The lowest BCUT2D eigenvalue weighted by molar-refractivity contribution is -0.274. The second kappa shape index (κ2) is 10.3. The van der Waals surface area contributed by atoms with Crippen LogP contribution in [0.4, 0.5) is 24.9 Å². The lowest BCUT2D eigenvalue weighted by atomic mass is 9.89. The van der Waals surface area contributed by atoms with Gasteiger partial charge in [0, 0.05) is 24.6 Å². The molecule has 2 aromatic carbocycles. The number of halogens is 4. The smallest absolute Gasteiger partial charge is 0.493 e. The quantitative estimate of drug-likeness (QED) is 0.399. The van der Waals surface area contributed by atoms with Gasteiger partial charge < -0.3 is 24.1 Å². The maximum Gasteiger partial charge on any atom is 0.573 e. The zero-order chi connectivity index (χ0) is 27.9. The van der Waals surface area contributed by atoms with Gasteiger partial charge in [-0.3, -0.25) is 14.9 Å². The largest absolute Gasteiger partial charge is 0.573 e. The van der Waals surface area contributed by atoms with Gasteiger partial charge in [0.25, 0.3) is 0 Å². The molecule has 3 aromatic rings. The van der Waals surface area contributed by atoms with Gasteiger partial charge in [0.2, 0.25) is 17.7 Å². The fraction of sp³-hybridized carbons (Fsp3) is 0.360. The summed E-state index contributed by atoms with van der Waals surface area (Å²) >= 11 is 6.66. The zero-order valence-corrected chi connectivity index (χ0v) is 21.5. The highest BCUT2D eigenvalue weighted by Crippen LogP contribution is 2.44. The molecule has 2 saturated heterocycles. The summed E-state index contributed by atoms with van der Waals surface area (Å²) in [6, 6.07) is 8.78. The van der Waals surface area contributed by atoms with E-state index >= 15 is 0 Å². The molecular weight excluding hydrogens is 543 g/mol. The van der Waals surface area contributed by atoms with Gasteiger partial charge in [-0.1, -0.05) is 22.8 Å². The van der Waals surface area contributed by atoms with E-state index in [1.807, 2.05) is 13.0 Å². The number of hydrogen-bond acceptors (Lipinski definition) is 9. The van der Waals surface area contributed by atoms with Crippen LogP contribution in [0.25, 0.3) is 11.5 Å². The molecule has 0 saturated carbocycles. The average Bonchev–Trinajstić information content (AvgIpc) is 3.35. The van der Waals surface area contributed by atoms with E-state index in [1.54, 1.807) is 6.07 Å². The van der Waals surface area contributed by atoms with Crippen LogP contribution in [0.5, 0.6) is 11.5 Å². The molecule has 2 amide bonds. The first-order valence-electron chi connectivity index (χ1n) is 12.0. The van der Waals surface area contributed by atoms with Crippen LogP contribution in [0.3, 0.4) is 0 Å². The summed E-state index contributed by atoms with van der Waals surface area (Å²) in [7, 11) is 1.50. The molecule has 1 unspecified atom stereocenters. The first-order valence-corrected chi connectivity index (χ1v) is 12.3. The van der Waals surface area contributed by atoms with Gasteiger partial charge in [0.15, 0.2) is 5.75 Å². The van der Waals surface area contributed by atoms with Crippen molar-refractivity contribution in [2.24, 2.45) is 0 Å². The molecule has 2 fully saturated rings. The maximum absolute atomic E-state index is 12.4. The van der Waals surface area contributed by atoms with Crippen molar-refractivity contribution in [1.29, 1.82) is 0 Å². The van der Waals surface area contributed by atoms with E-state index in [0.717, 1.165) is 17.8 Å². The summed E-state index contributed by atoms with van der Waals surface area (Å²) in [6.45, 7) is 2.53. The van der Waals surface area contributed by atoms with Crippen molar-refractivity contribution in [3.8, 4) is 23.0 Å². The number of alkyl halides is 3. The second-order valence-corrected chi connectivity index (χ2v) is 9.53. The van der Waals surface area contributed by atoms with Crippen molar-refractivity contribution in [2.45, 2.75) is 44.1 Å². The number of aromatic nitrogens is 2. The molecular formula is C25H23ClF3N5O5. The SMILES string of the molecule is COc1c(N2C[C@H](Nc3nnc(-c4ccc(OC(F)(F)F)cc4)o3)[C@H]2C)ccc(C2CCC(=O)NC2=O)c1Cl. The fourth-order valence-corrected chi connectivity index (χ4v) is 5.06. The topological polar surface area (TPSA) is 119 Å². The van der Waals surface area contributed by atoms with Crippen molar-refractivity contribution in [1.82, 2.24) is 15.5 Å². The van der Waals surface area contributed by atoms with E-state index in [9.17, 15) is 22.8 Å². The number of rotatable bonds is 7. The van der Waals surface area contributed by atoms with E-state index < -0.39 is 12.3 Å². The van der Waals surface area contributed by atoms with Gasteiger partial charge >= 0.3 is 12.4 Å². The number of amides is 2. The number of anilines is 2. The third-order valence-electron chi connectivity index (χ3n) is 6.77. The summed E-state index contributed by atoms with van der Waals surface area (Å²) in [5.74, 6) is -1.01. The van der Waals surface area contributed by atoms with Crippen molar-refractivity contribution in [2.75, 3.05) is 23.9 Å². The molecule has 2 aliphatic rings. The molecule has 0 radical (unpaired) electrons. The number of piperidine rings is 1. The number of imide groups is 1. The molecule has 10 nitrogen and oxygen atoms in total. The first kappa shape index (κ1) is 26.6. The summed E-state index contributed by atoms with van der Waals surface area (Å²) < 4.78 is 52.2. The van der Waals surface area contributed by atoms with Gasteiger partial charge in [-0.25, -0.2) is 0 Å². The predicted octanol–water partition coefficient (Wildman–Crippen LogP) is 4.51. The number of hydrogen-bond donors (Lipinski definition) is 2. The minimum absolute atomic E-state index is 0.0365. The third-order valence-corrected chi connectivity index (χ3v) is 7.16. The summed E-state index contributed by atoms with van der Waals surface area (Å²) in [5.41, 5.74) is 1.78. The van der Waals surface area contributed by atoms with Gasteiger partial charge in [-0.2, -0.15) is 0 Å². The van der Waals surface area contributed by atoms with Crippen LogP contribution in [0.2, 0.25) is 5.02 Å². The van der Waals surface area contributed by atoms with E-state index in [1.165, 1.54) is 19.2 Å². The first-order chi connectivity index (χ1) is 18.5. The number of nitrogens with zero attached hydrogens (tertiary/aromatic N) is 3. The van der Waals surface area contributed by atoms with Crippen LogP contribution in [-0.2, 0) is 9.59 Å². The molecule has 14 heteroatoms. The molecule has 0 spiro atoms. The number of carbonyl (C=O) groups excluding carboxylic acids is 2. The summed E-state index contributed by atoms with van der Waals surface area (Å²) in [5, 5.41) is 13.8. The predicted molar refractivity (Wildman–Crippen MR) is 134 cm³/mol. The fourth-order valence-electron chi connectivity index (χ4n) is 4.69.